The van der Waals surface area contributed by atoms with Crippen molar-refractivity contribution < 1.29 is 0 Å². The zero-order valence-corrected chi connectivity index (χ0v) is 9.20. The lowest BCUT2D eigenvalue weighted by Crippen LogP contribution is -2.07. The van der Waals surface area contributed by atoms with Gasteiger partial charge < -0.3 is 16.0 Å². The number of imidazole rings is 1. The minimum atomic E-state index is 0.721. The number of nitrogens with zero attached hydrogens (tertiary/aromatic N) is 2. The molecule has 0 amide bonds. The van der Waals surface area contributed by atoms with E-state index in [2.05, 4.69) is 20.3 Å². The fourth-order valence-corrected chi connectivity index (χ4v) is 1.42. The summed E-state index contributed by atoms with van der Waals surface area (Å²) in [5.41, 5.74) is 8.38. The average molecular weight is 217 g/mol. The number of hydrogen-bond donors (Lipinski definition) is 3. The van der Waals surface area contributed by atoms with Crippen molar-refractivity contribution in [2.75, 3.05) is 17.6 Å². The van der Waals surface area contributed by atoms with Gasteiger partial charge >= 0.3 is 0 Å². The summed E-state index contributed by atoms with van der Waals surface area (Å²) in [6.07, 6.45) is 4.40. The van der Waals surface area contributed by atoms with E-state index in [9.17, 15) is 0 Å². The molecule has 0 aromatic carbocycles. The Bertz CT molecular complexity index is 449. The lowest BCUT2D eigenvalue weighted by molar-refractivity contribution is 0.965. The smallest absolute Gasteiger partial charge is 0.126 e. The Kier molecular flexibility index (Phi) is 3.05. The second kappa shape index (κ2) is 4.65. The van der Waals surface area contributed by atoms with Crippen molar-refractivity contribution in [3.63, 3.8) is 0 Å². The van der Waals surface area contributed by atoms with Crippen molar-refractivity contribution in [1.29, 1.82) is 0 Å². The predicted molar refractivity (Wildman–Crippen MR) is 64.2 cm³/mol. The first-order chi connectivity index (χ1) is 7.75. The summed E-state index contributed by atoms with van der Waals surface area (Å²) in [7, 11) is 0. The Labute approximate surface area is 94.1 Å². The summed E-state index contributed by atoms with van der Waals surface area (Å²) in [4.78, 5) is 11.3. The standard InChI is InChI=1S/C11H15N5/c1-8-10(12)2-3-11(16-8)14-5-4-9-6-13-7-15-9/h2-3,6-7H,4-5,12H2,1H3,(H,13,15)(H,14,16). The number of aryl methyl sites for hydroxylation is 1. The van der Waals surface area contributed by atoms with E-state index in [4.69, 9.17) is 5.73 Å². The lowest BCUT2D eigenvalue weighted by atomic mass is 10.3. The number of aromatic amines is 1. The first kappa shape index (κ1) is 10.5. The maximum absolute atomic E-state index is 5.69. The molecule has 84 valence electrons. The highest BCUT2D eigenvalue weighted by Gasteiger charge is 1.98. The van der Waals surface area contributed by atoms with Gasteiger partial charge in [0.2, 0.25) is 0 Å². The van der Waals surface area contributed by atoms with Crippen LogP contribution in [-0.4, -0.2) is 21.5 Å². The highest BCUT2D eigenvalue weighted by atomic mass is 15.0. The van der Waals surface area contributed by atoms with Gasteiger partial charge in [-0.1, -0.05) is 0 Å². The highest BCUT2D eigenvalue weighted by molar-refractivity contribution is 5.48. The van der Waals surface area contributed by atoms with Crippen molar-refractivity contribution in [2.45, 2.75) is 13.3 Å². The Balaban J connectivity index is 1.87. The molecule has 0 atom stereocenters. The molecule has 2 rings (SSSR count). The van der Waals surface area contributed by atoms with Gasteiger partial charge in [-0.15, -0.1) is 0 Å². The molecule has 0 bridgehead atoms. The molecule has 0 saturated carbocycles. The molecule has 0 saturated heterocycles. The van der Waals surface area contributed by atoms with Gasteiger partial charge in [0.1, 0.15) is 5.82 Å². The molecule has 4 N–H and O–H groups in total. The monoisotopic (exact) mass is 217 g/mol. The molecule has 0 unspecified atom stereocenters. The molecule has 5 nitrogen and oxygen atoms in total. The van der Waals surface area contributed by atoms with Gasteiger partial charge in [-0.05, 0) is 19.1 Å². The summed E-state index contributed by atoms with van der Waals surface area (Å²) < 4.78 is 0. The molecule has 0 radical (unpaired) electrons. The van der Waals surface area contributed by atoms with E-state index < -0.39 is 0 Å². The van der Waals surface area contributed by atoms with Crippen LogP contribution in [0.5, 0.6) is 0 Å². The number of pyridine rings is 1. The molecule has 0 fully saturated rings. The largest absolute Gasteiger partial charge is 0.397 e. The molecule has 0 spiro atoms. The summed E-state index contributed by atoms with van der Waals surface area (Å²) in [6.45, 7) is 2.72. The van der Waals surface area contributed by atoms with Crippen LogP contribution in [0, 0.1) is 6.92 Å². The molecule has 2 aromatic heterocycles. The fourth-order valence-electron chi connectivity index (χ4n) is 1.42. The van der Waals surface area contributed by atoms with Gasteiger partial charge in [-0.2, -0.15) is 0 Å². The predicted octanol–water partition coefficient (Wildman–Crippen LogP) is 1.35. The number of nitrogen functional groups attached to an aromatic ring is 1. The van der Waals surface area contributed by atoms with Gasteiger partial charge in [0.05, 0.1) is 17.7 Å². The van der Waals surface area contributed by atoms with Crippen LogP contribution in [0.2, 0.25) is 0 Å². The van der Waals surface area contributed by atoms with Crippen LogP contribution in [0.15, 0.2) is 24.7 Å². The van der Waals surface area contributed by atoms with Crippen LogP contribution < -0.4 is 11.1 Å². The molecule has 16 heavy (non-hydrogen) atoms. The maximum Gasteiger partial charge on any atom is 0.126 e. The Morgan fingerprint density at radius 1 is 1.44 bits per heavy atom. The summed E-state index contributed by atoms with van der Waals surface area (Å²) in [5.74, 6) is 0.853. The van der Waals surface area contributed by atoms with E-state index in [1.54, 1.807) is 6.33 Å². The molecular weight excluding hydrogens is 202 g/mol. The van der Waals surface area contributed by atoms with Crippen LogP contribution in [-0.2, 0) is 6.42 Å². The van der Waals surface area contributed by atoms with E-state index >= 15 is 0 Å². The van der Waals surface area contributed by atoms with Gasteiger partial charge in [0.25, 0.3) is 0 Å². The van der Waals surface area contributed by atoms with E-state index in [0.29, 0.717) is 0 Å². The molecule has 5 heteroatoms. The van der Waals surface area contributed by atoms with E-state index in [1.165, 1.54) is 0 Å². The molecule has 0 aliphatic rings. The third-order valence-corrected chi connectivity index (χ3v) is 2.38. The zero-order chi connectivity index (χ0) is 11.4. The summed E-state index contributed by atoms with van der Waals surface area (Å²) in [6, 6.07) is 3.75. The summed E-state index contributed by atoms with van der Waals surface area (Å²) in [5, 5.41) is 3.24. The number of H-pyrrole nitrogens is 1. The molecule has 0 aliphatic carbocycles. The topological polar surface area (TPSA) is 79.6 Å². The maximum atomic E-state index is 5.69. The highest BCUT2D eigenvalue weighted by Crippen LogP contribution is 2.11. The third-order valence-electron chi connectivity index (χ3n) is 2.38. The van der Waals surface area contributed by atoms with Crippen molar-refractivity contribution >= 4 is 11.5 Å². The SMILES string of the molecule is Cc1nc(NCCc2cnc[nH]2)ccc1N. The number of aromatic nitrogens is 3. The third kappa shape index (κ3) is 2.50. The lowest BCUT2D eigenvalue weighted by Gasteiger charge is -2.06. The van der Waals surface area contributed by atoms with Crippen molar-refractivity contribution in [2.24, 2.45) is 0 Å². The number of anilines is 2. The van der Waals surface area contributed by atoms with Gasteiger partial charge in [-0.25, -0.2) is 9.97 Å². The number of nitrogens with one attached hydrogen (secondary N) is 2. The van der Waals surface area contributed by atoms with E-state index in [0.717, 1.165) is 35.9 Å². The van der Waals surface area contributed by atoms with Crippen LogP contribution in [0.4, 0.5) is 11.5 Å². The minimum Gasteiger partial charge on any atom is -0.397 e. The second-order valence-corrected chi connectivity index (χ2v) is 3.62. The number of rotatable bonds is 4. The molecule has 2 aromatic rings. The van der Waals surface area contributed by atoms with Crippen LogP contribution in [0.1, 0.15) is 11.4 Å². The Morgan fingerprint density at radius 2 is 2.31 bits per heavy atom. The first-order valence-corrected chi connectivity index (χ1v) is 5.20. The fraction of sp³-hybridized carbons (Fsp3) is 0.273. The van der Waals surface area contributed by atoms with Gasteiger partial charge in [-0.3, -0.25) is 0 Å². The molecule has 2 heterocycles. The normalized spacial score (nSPS) is 10.3. The Morgan fingerprint density at radius 3 is 3.00 bits per heavy atom. The number of nitrogens with two attached hydrogens (primary N) is 1. The molecule has 0 aliphatic heterocycles. The second-order valence-electron chi connectivity index (χ2n) is 3.62. The number of hydrogen-bond acceptors (Lipinski definition) is 4. The van der Waals surface area contributed by atoms with Crippen LogP contribution >= 0.6 is 0 Å². The Hall–Kier alpha value is -2.04. The van der Waals surface area contributed by atoms with E-state index in [1.807, 2.05) is 25.3 Å². The van der Waals surface area contributed by atoms with Crippen molar-refractivity contribution in [3.8, 4) is 0 Å². The van der Waals surface area contributed by atoms with Gasteiger partial charge in [0.15, 0.2) is 0 Å². The van der Waals surface area contributed by atoms with Crippen molar-refractivity contribution in [1.82, 2.24) is 15.0 Å². The van der Waals surface area contributed by atoms with Crippen LogP contribution in [0.25, 0.3) is 0 Å². The van der Waals surface area contributed by atoms with Crippen molar-refractivity contribution in [3.05, 3.63) is 36.0 Å². The van der Waals surface area contributed by atoms with E-state index in [-0.39, 0.29) is 0 Å². The van der Waals surface area contributed by atoms with Crippen LogP contribution in [0.3, 0.4) is 0 Å². The zero-order valence-electron chi connectivity index (χ0n) is 9.20. The van der Waals surface area contributed by atoms with Gasteiger partial charge in [0, 0.05) is 24.9 Å². The minimum absolute atomic E-state index is 0.721. The first-order valence-electron chi connectivity index (χ1n) is 5.20. The quantitative estimate of drug-likeness (QED) is 0.722. The molecular formula is C11H15N5. The summed E-state index contributed by atoms with van der Waals surface area (Å²) >= 11 is 0. The average Bonchev–Trinajstić information content (AvgIpc) is 2.76.